The minimum Gasteiger partial charge on any atom is -0.462 e. The highest BCUT2D eigenvalue weighted by atomic mass is 32.1. The van der Waals surface area contributed by atoms with E-state index >= 15 is 0 Å². The van der Waals surface area contributed by atoms with Gasteiger partial charge in [-0.3, -0.25) is 0 Å². The second-order valence-corrected chi connectivity index (χ2v) is 9.37. The summed E-state index contributed by atoms with van der Waals surface area (Å²) in [5.41, 5.74) is 5.63. The lowest BCUT2D eigenvalue weighted by Crippen LogP contribution is -2.27. The summed E-state index contributed by atoms with van der Waals surface area (Å²) in [6.45, 7) is 4.03. The van der Waals surface area contributed by atoms with Crippen LogP contribution < -0.4 is 5.01 Å². The summed E-state index contributed by atoms with van der Waals surface area (Å²) in [6.07, 6.45) is 5.29. The van der Waals surface area contributed by atoms with Crippen LogP contribution in [0.15, 0.2) is 77.4 Å². The molecular weight excluding hydrogens is 430 g/mol. The second kappa shape index (κ2) is 9.32. The third kappa shape index (κ3) is 4.23. The van der Waals surface area contributed by atoms with Gasteiger partial charge in [-0.2, -0.15) is 5.10 Å². The zero-order valence-corrected chi connectivity index (χ0v) is 19.7. The third-order valence-electron chi connectivity index (χ3n) is 6.23. The summed E-state index contributed by atoms with van der Waals surface area (Å²) in [5.74, 6) is -0.0321. The zero-order valence-electron chi connectivity index (χ0n) is 18.9. The molecule has 2 heterocycles. The molecule has 168 valence electrons. The summed E-state index contributed by atoms with van der Waals surface area (Å²) in [5, 5.41) is 7.94. The van der Waals surface area contributed by atoms with Gasteiger partial charge in [-0.1, -0.05) is 78.1 Å². The molecule has 2 aromatic carbocycles. The number of anilines is 1. The van der Waals surface area contributed by atoms with Gasteiger partial charge in [0.15, 0.2) is 0 Å². The topological polar surface area (TPSA) is 54.8 Å². The van der Waals surface area contributed by atoms with E-state index in [4.69, 9.17) is 14.8 Å². The minimum atomic E-state index is -0.316. The van der Waals surface area contributed by atoms with E-state index in [2.05, 4.69) is 54.6 Å². The molecule has 5 nitrogen and oxygen atoms in total. The highest BCUT2D eigenvalue weighted by molar-refractivity contribution is 7.17. The number of fused-ring (bicyclic) bond motifs is 1. The van der Waals surface area contributed by atoms with Crippen molar-refractivity contribution >= 4 is 28.1 Å². The van der Waals surface area contributed by atoms with Gasteiger partial charge in [-0.25, -0.2) is 14.8 Å². The van der Waals surface area contributed by atoms with Crippen molar-refractivity contribution in [2.75, 3.05) is 11.6 Å². The van der Waals surface area contributed by atoms with Crippen molar-refractivity contribution in [1.29, 1.82) is 0 Å². The predicted octanol–water partition coefficient (Wildman–Crippen LogP) is 6.12. The van der Waals surface area contributed by atoms with Crippen LogP contribution in [0.3, 0.4) is 0 Å². The maximum atomic E-state index is 12.4. The maximum Gasteiger partial charge on any atom is 0.350 e. The Labute approximate surface area is 198 Å². The number of hydrogen-bond donors (Lipinski definition) is 0. The van der Waals surface area contributed by atoms with Crippen molar-refractivity contribution < 1.29 is 9.53 Å². The van der Waals surface area contributed by atoms with Gasteiger partial charge >= 0.3 is 5.97 Å². The molecule has 2 aliphatic rings. The Morgan fingerprint density at radius 1 is 1.12 bits per heavy atom. The van der Waals surface area contributed by atoms with Crippen molar-refractivity contribution in [3.05, 3.63) is 94.0 Å². The quantitative estimate of drug-likeness (QED) is 0.418. The van der Waals surface area contributed by atoms with Crippen LogP contribution in [0.5, 0.6) is 0 Å². The Balaban J connectivity index is 1.54. The Hall–Kier alpha value is -3.25. The highest BCUT2D eigenvalue weighted by Crippen LogP contribution is 2.46. The summed E-state index contributed by atoms with van der Waals surface area (Å²) in [6, 6.07) is 21.1. The molecule has 0 saturated heterocycles. The lowest BCUT2D eigenvalue weighted by Gasteiger charge is -2.28. The number of esters is 1. The van der Waals surface area contributed by atoms with Crippen LogP contribution in [0, 0.1) is 12.8 Å². The van der Waals surface area contributed by atoms with Crippen LogP contribution in [-0.4, -0.2) is 23.3 Å². The SMILES string of the molecule is CCOC(=O)c1sc(N2N=C3C(Cc4ccccc4)=CCC[C@H]3[C@@H]2c2ccccc2)nc1C. The van der Waals surface area contributed by atoms with Crippen molar-refractivity contribution in [1.82, 2.24) is 4.98 Å². The monoisotopic (exact) mass is 457 g/mol. The lowest BCUT2D eigenvalue weighted by molar-refractivity contribution is 0.0531. The van der Waals surface area contributed by atoms with Gasteiger partial charge in [-0.15, -0.1) is 0 Å². The number of aryl methyl sites for hydroxylation is 1. The molecule has 3 aromatic rings. The van der Waals surface area contributed by atoms with E-state index in [9.17, 15) is 4.79 Å². The van der Waals surface area contributed by atoms with Crippen LogP contribution >= 0.6 is 11.3 Å². The molecule has 1 aliphatic heterocycles. The number of benzene rings is 2. The number of aromatic nitrogens is 1. The van der Waals surface area contributed by atoms with E-state index in [1.807, 2.05) is 31.0 Å². The maximum absolute atomic E-state index is 12.4. The molecule has 0 unspecified atom stereocenters. The first kappa shape index (κ1) is 21.6. The summed E-state index contributed by atoms with van der Waals surface area (Å²) in [7, 11) is 0. The van der Waals surface area contributed by atoms with Crippen LogP contribution in [-0.2, 0) is 11.2 Å². The van der Waals surface area contributed by atoms with Crippen LogP contribution in [0.2, 0.25) is 0 Å². The predicted molar refractivity (Wildman–Crippen MR) is 133 cm³/mol. The van der Waals surface area contributed by atoms with E-state index in [1.165, 1.54) is 28.0 Å². The highest BCUT2D eigenvalue weighted by Gasteiger charge is 2.42. The molecule has 0 amide bonds. The van der Waals surface area contributed by atoms with E-state index in [0.717, 1.165) is 30.1 Å². The fourth-order valence-corrected chi connectivity index (χ4v) is 5.69. The number of rotatable bonds is 6. The van der Waals surface area contributed by atoms with Gasteiger partial charge in [0.25, 0.3) is 0 Å². The van der Waals surface area contributed by atoms with E-state index < -0.39 is 0 Å². The Morgan fingerprint density at radius 3 is 2.58 bits per heavy atom. The molecule has 0 bridgehead atoms. The molecule has 6 heteroatoms. The van der Waals surface area contributed by atoms with Gasteiger partial charge in [0, 0.05) is 5.92 Å². The van der Waals surface area contributed by atoms with Crippen molar-refractivity contribution in [2.24, 2.45) is 11.0 Å². The molecule has 2 atom stereocenters. The fourth-order valence-electron chi connectivity index (χ4n) is 4.74. The Kier molecular flexibility index (Phi) is 6.09. The van der Waals surface area contributed by atoms with E-state index in [0.29, 0.717) is 17.2 Å². The number of thiazole rings is 1. The Bertz CT molecular complexity index is 1200. The molecule has 0 fully saturated rings. The first-order chi connectivity index (χ1) is 16.2. The van der Waals surface area contributed by atoms with E-state index in [-0.39, 0.29) is 17.9 Å². The number of allylic oxidation sites excluding steroid dienone is 2. The van der Waals surface area contributed by atoms with Gasteiger partial charge < -0.3 is 4.74 Å². The number of carbonyl (C=O) groups excluding carboxylic acids is 1. The zero-order chi connectivity index (χ0) is 22.8. The molecule has 1 aromatic heterocycles. The standard InChI is InChI=1S/C27H27N3O2S/c1-3-32-26(31)25-18(2)28-27(33-25)30-24(20-13-8-5-9-14-20)22-16-10-15-21(23(22)29-30)17-19-11-6-4-7-12-19/h4-9,11-15,22,24H,3,10,16-17H2,1-2H3/t22-,24+/m1/s1. The van der Waals surface area contributed by atoms with Crippen molar-refractivity contribution in [2.45, 2.75) is 39.2 Å². The average molecular weight is 458 g/mol. The molecular formula is C27H27N3O2S. The minimum absolute atomic E-state index is 0.0567. The molecule has 0 N–H and O–H groups in total. The average Bonchev–Trinajstić information content (AvgIpc) is 3.42. The van der Waals surface area contributed by atoms with Gasteiger partial charge in [0.2, 0.25) is 5.13 Å². The summed E-state index contributed by atoms with van der Waals surface area (Å²) >= 11 is 1.37. The van der Waals surface area contributed by atoms with Crippen molar-refractivity contribution in [3.63, 3.8) is 0 Å². The number of carbonyl (C=O) groups is 1. The van der Waals surface area contributed by atoms with Gasteiger partial charge in [-0.05, 0) is 49.8 Å². The van der Waals surface area contributed by atoms with Crippen LogP contribution in [0.1, 0.15) is 52.3 Å². The summed E-state index contributed by atoms with van der Waals surface area (Å²) < 4.78 is 5.24. The first-order valence-corrected chi connectivity index (χ1v) is 12.3. The molecule has 0 saturated carbocycles. The van der Waals surface area contributed by atoms with Crippen LogP contribution in [0.25, 0.3) is 0 Å². The molecule has 0 spiro atoms. The summed E-state index contributed by atoms with van der Waals surface area (Å²) in [4.78, 5) is 17.7. The first-order valence-electron chi connectivity index (χ1n) is 11.5. The molecule has 5 rings (SSSR count). The largest absolute Gasteiger partial charge is 0.462 e. The van der Waals surface area contributed by atoms with Gasteiger partial charge in [0.1, 0.15) is 4.88 Å². The smallest absolute Gasteiger partial charge is 0.350 e. The number of hydrazone groups is 1. The fraction of sp³-hybridized carbons (Fsp3) is 0.296. The normalized spacial score (nSPS) is 19.6. The second-order valence-electron chi connectivity index (χ2n) is 8.39. The van der Waals surface area contributed by atoms with Gasteiger partial charge in [0.05, 0.1) is 24.1 Å². The number of hydrogen-bond acceptors (Lipinski definition) is 6. The number of ether oxygens (including phenoxy) is 1. The molecule has 0 radical (unpaired) electrons. The van der Waals surface area contributed by atoms with E-state index in [1.54, 1.807) is 0 Å². The third-order valence-corrected chi connectivity index (χ3v) is 7.36. The van der Waals surface area contributed by atoms with Crippen LogP contribution in [0.4, 0.5) is 5.13 Å². The molecule has 1 aliphatic carbocycles. The Morgan fingerprint density at radius 2 is 1.85 bits per heavy atom. The molecule has 33 heavy (non-hydrogen) atoms. The number of nitrogens with zero attached hydrogens (tertiary/aromatic N) is 3. The van der Waals surface area contributed by atoms with Crippen molar-refractivity contribution in [3.8, 4) is 0 Å². The lowest BCUT2D eigenvalue weighted by atomic mass is 9.79.